The molecule has 1 fully saturated rings. The van der Waals surface area contributed by atoms with Gasteiger partial charge in [0.2, 0.25) is 0 Å². The predicted octanol–water partition coefficient (Wildman–Crippen LogP) is 3.61. The van der Waals surface area contributed by atoms with E-state index in [1.807, 2.05) is 50.2 Å². The van der Waals surface area contributed by atoms with Crippen LogP contribution in [0.4, 0.5) is 16.2 Å². The average Bonchev–Trinajstić information content (AvgIpc) is 2.74. The van der Waals surface area contributed by atoms with E-state index in [4.69, 9.17) is 9.47 Å². The number of piperazine rings is 1. The number of rotatable bonds is 5. The highest BCUT2D eigenvalue weighted by Crippen LogP contribution is 2.20. The maximum Gasteiger partial charge on any atom is 0.337 e. The molecule has 2 aromatic rings. The van der Waals surface area contributed by atoms with E-state index in [-0.39, 0.29) is 18.1 Å². The van der Waals surface area contributed by atoms with Crippen LogP contribution in [0.15, 0.2) is 48.5 Å². The van der Waals surface area contributed by atoms with E-state index >= 15 is 0 Å². The van der Waals surface area contributed by atoms with E-state index < -0.39 is 0 Å². The Kier molecular flexibility index (Phi) is 6.59. The molecule has 154 valence electrons. The van der Waals surface area contributed by atoms with Crippen molar-refractivity contribution in [2.24, 2.45) is 0 Å². The lowest BCUT2D eigenvalue weighted by Gasteiger charge is -2.36. The van der Waals surface area contributed by atoms with Crippen molar-refractivity contribution in [3.05, 3.63) is 54.1 Å². The number of esters is 1. The van der Waals surface area contributed by atoms with Crippen molar-refractivity contribution in [2.75, 3.05) is 43.5 Å². The minimum atomic E-state index is -0.346. The van der Waals surface area contributed by atoms with Gasteiger partial charge in [-0.3, -0.25) is 0 Å². The first-order valence-corrected chi connectivity index (χ1v) is 9.72. The lowest BCUT2D eigenvalue weighted by Crippen LogP contribution is -2.50. The Balaban J connectivity index is 1.51. The Labute approximate surface area is 171 Å². The van der Waals surface area contributed by atoms with Gasteiger partial charge in [0, 0.05) is 37.6 Å². The summed E-state index contributed by atoms with van der Waals surface area (Å²) >= 11 is 0. The van der Waals surface area contributed by atoms with Gasteiger partial charge in [0.25, 0.3) is 0 Å². The monoisotopic (exact) mass is 397 g/mol. The third-order valence-corrected chi connectivity index (χ3v) is 4.70. The number of anilines is 2. The maximum atomic E-state index is 12.5. The SMILES string of the molecule is COC(=O)c1ccc(N2CCN(C(=O)Nc3ccc(OC(C)C)cc3)CC2)cc1. The fourth-order valence-corrected chi connectivity index (χ4v) is 3.19. The van der Waals surface area contributed by atoms with Crippen LogP contribution in [-0.4, -0.2) is 56.3 Å². The number of methoxy groups -OCH3 is 1. The van der Waals surface area contributed by atoms with Crippen LogP contribution in [0.5, 0.6) is 5.75 Å². The Morgan fingerprint density at radius 1 is 0.931 bits per heavy atom. The van der Waals surface area contributed by atoms with E-state index in [1.165, 1.54) is 7.11 Å². The van der Waals surface area contributed by atoms with Crippen LogP contribution >= 0.6 is 0 Å². The van der Waals surface area contributed by atoms with Gasteiger partial charge in [0.05, 0.1) is 18.8 Å². The molecule has 0 atom stereocenters. The minimum Gasteiger partial charge on any atom is -0.491 e. The Hall–Kier alpha value is -3.22. The van der Waals surface area contributed by atoms with Crippen LogP contribution in [-0.2, 0) is 4.74 Å². The smallest absolute Gasteiger partial charge is 0.337 e. The fourth-order valence-electron chi connectivity index (χ4n) is 3.19. The van der Waals surface area contributed by atoms with E-state index in [0.29, 0.717) is 18.7 Å². The zero-order valence-electron chi connectivity index (χ0n) is 17.1. The Bertz CT molecular complexity index is 826. The van der Waals surface area contributed by atoms with Crippen molar-refractivity contribution in [1.29, 1.82) is 0 Å². The van der Waals surface area contributed by atoms with Crippen molar-refractivity contribution in [3.8, 4) is 5.75 Å². The molecule has 0 aromatic heterocycles. The minimum absolute atomic E-state index is 0.108. The molecular formula is C22H27N3O4. The van der Waals surface area contributed by atoms with E-state index in [9.17, 15) is 9.59 Å². The third kappa shape index (κ3) is 5.40. The van der Waals surface area contributed by atoms with Gasteiger partial charge in [-0.15, -0.1) is 0 Å². The molecule has 0 radical (unpaired) electrons. The summed E-state index contributed by atoms with van der Waals surface area (Å²) in [6.07, 6.45) is 0.114. The van der Waals surface area contributed by atoms with Gasteiger partial charge in [-0.2, -0.15) is 0 Å². The molecule has 0 saturated carbocycles. The van der Waals surface area contributed by atoms with Crippen molar-refractivity contribution >= 4 is 23.4 Å². The molecule has 1 saturated heterocycles. The largest absolute Gasteiger partial charge is 0.491 e. The molecule has 1 aliphatic heterocycles. The Morgan fingerprint density at radius 3 is 2.10 bits per heavy atom. The zero-order chi connectivity index (χ0) is 20.8. The summed E-state index contributed by atoms with van der Waals surface area (Å²) in [5, 5.41) is 2.93. The average molecular weight is 397 g/mol. The molecule has 0 spiro atoms. The number of carbonyl (C=O) groups is 2. The number of urea groups is 1. The number of nitrogens with one attached hydrogen (secondary N) is 1. The molecular weight excluding hydrogens is 370 g/mol. The van der Waals surface area contributed by atoms with Crippen molar-refractivity contribution in [3.63, 3.8) is 0 Å². The van der Waals surface area contributed by atoms with Crippen molar-refractivity contribution in [2.45, 2.75) is 20.0 Å². The zero-order valence-corrected chi connectivity index (χ0v) is 17.1. The number of hydrogen-bond acceptors (Lipinski definition) is 5. The van der Waals surface area contributed by atoms with Gasteiger partial charge >= 0.3 is 12.0 Å². The topological polar surface area (TPSA) is 71.1 Å². The molecule has 0 bridgehead atoms. The summed E-state index contributed by atoms with van der Waals surface area (Å²) < 4.78 is 10.3. The van der Waals surface area contributed by atoms with E-state index in [0.717, 1.165) is 30.2 Å². The first-order chi connectivity index (χ1) is 14.0. The van der Waals surface area contributed by atoms with Crippen LogP contribution in [0.1, 0.15) is 24.2 Å². The normalized spacial score (nSPS) is 13.9. The predicted molar refractivity (Wildman–Crippen MR) is 113 cm³/mol. The molecule has 7 heteroatoms. The van der Waals surface area contributed by atoms with Crippen LogP contribution < -0.4 is 15.0 Å². The lowest BCUT2D eigenvalue weighted by atomic mass is 10.2. The van der Waals surface area contributed by atoms with Gasteiger partial charge in [0.1, 0.15) is 5.75 Å². The first kappa shape index (κ1) is 20.5. The van der Waals surface area contributed by atoms with Gasteiger partial charge in [-0.25, -0.2) is 9.59 Å². The van der Waals surface area contributed by atoms with Crippen molar-refractivity contribution < 1.29 is 19.1 Å². The number of carbonyl (C=O) groups excluding carboxylic acids is 2. The highest BCUT2D eigenvalue weighted by Gasteiger charge is 2.21. The quantitative estimate of drug-likeness (QED) is 0.781. The molecule has 2 amide bonds. The molecule has 3 rings (SSSR count). The molecule has 1 aliphatic rings. The van der Waals surface area contributed by atoms with Crippen molar-refractivity contribution in [1.82, 2.24) is 4.90 Å². The van der Waals surface area contributed by atoms with Gasteiger partial charge in [-0.1, -0.05) is 0 Å². The van der Waals surface area contributed by atoms with Crippen LogP contribution in [0.3, 0.4) is 0 Å². The fraction of sp³-hybridized carbons (Fsp3) is 0.364. The summed E-state index contributed by atoms with van der Waals surface area (Å²) in [6, 6.07) is 14.6. The number of amides is 2. The second kappa shape index (κ2) is 9.32. The second-order valence-electron chi connectivity index (χ2n) is 7.13. The van der Waals surface area contributed by atoms with Crippen LogP contribution in [0.25, 0.3) is 0 Å². The third-order valence-electron chi connectivity index (χ3n) is 4.70. The summed E-state index contributed by atoms with van der Waals surface area (Å²) in [6.45, 7) is 6.65. The molecule has 2 aromatic carbocycles. The lowest BCUT2D eigenvalue weighted by molar-refractivity contribution is 0.0600. The summed E-state index contributed by atoms with van der Waals surface area (Å²) in [4.78, 5) is 28.1. The van der Waals surface area contributed by atoms with Gasteiger partial charge in [-0.05, 0) is 62.4 Å². The van der Waals surface area contributed by atoms with Gasteiger partial charge in [0.15, 0.2) is 0 Å². The standard InChI is InChI=1S/C22H27N3O4/c1-16(2)29-20-10-6-18(7-11-20)23-22(27)25-14-12-24(13-15-25)19-8-4-17(5-9-19)21(26)28-3/h4-11,16H,12-15H2,1-3H3,(H,23,27). The molecule has 1 N–H and O–H groups in total. The van der Waals surface area contributed by atoms with E-state index in [2.05, 4.69) is 10.2 Å². The highest BCUT2D eigenvalue weighted by atomic mass is 16.5. The maximum absolute atomic E-state index is 12.5. The number of benzene rings is 2. The molecule has 7 nitrogen and oxygen atoms in total. The molecule has 0 aliphatic carbocycles. The first-order valence-electron chi connectivity index (χ1n) is 9.72. The number of ether oxygens (including phenoxy) is 2. The highest BCUT2D eigenvalue weighted by molar-refractivity contribution is 5.90. The summed E-state index contributed by atoms with van der Waals surface area (Å²) in [7, 11) is 1.37. The Morgan fingerprint density at radius 2 is 1.55 bits per heavy atom. The number of nitrogens with zero attached hydrogens (tertiary/aromatic N) is 2. The van der Waals surface area contributed by atoms with E-state index in [1.54, 1.807) is 17.0 Å². The molecule has 1 heterocycles. The molecule has 29 heavy (non-hydrogen) atoms. The van der Waals surface area contributed by atoms with Crippen LogP contribution in [0, 0.1) is 0 Å². The number of hydrogen-bond donors (Lipinski definition) is 1. The van der Waals surface area contributed by atoms with Crippen LogP contribution in [0.2, 0.25) is 0 Å². The summed E-state index contributed by atoms with van der Waals surface area (Å²) in [5.74, 6) is 0.437. The second-order valence-corrected chi connectivity index (χ2v) is 7.13. The molecule has 0 unspecified atom stereocenters. The summed E-state index contributed by atoms with van der Waals surface area (Å²) in [5.41, 5.74) is 2.30. The van der Waals surface area contributed by atoms with Gasteiger partial charge < -0.3 is 24.6 Å².